The molecule has 0 radical (unpaired) electrons. The molecule has 0 aliphatic heterocycles. The summed E-state index contributed by atoms with van der Waals surface area (Å²) in [6.45, 7) is 5.34. The summed E-state index contributed by atoms with van der Waals surface area (Å²) in [5.74, 6) is -0.726. The number of carbonyl (C=O) groups excluding carboxylic acids is 2. The Labute approximate surface area is 257 Å². The van der Waals surface area contributed by atoms with Gasteiger partial charge in [-0.25, -0.2) is 9.59 Å². The number of carbonyl (C=O) groups is 2. The molecule has 0 aromatic heterocycles. The van der Waals surface area contributed by atoms with Crippen LogP contribution in [0.5, 0.6) is 0 Å². The molecule has 0 aliphatic carbocycles. The van der Waals surface area contributed by atoms with Crippen LogP contribution in [0, 0.1) is 0 Å². The van der Waals surface area contributed by atoms with E-state index in [0.29, 0.717) is 29.7 Å². The summed E-state index contributed by atoms with van der Waals surface area (Å²) in [7, 11) is 0. The third-order valence-electron chi connectivity index (χ3n) is 8.31. The minimum atomic E-state index is -0.363. The normalized spacial score (nSPS) is 11.2. The average Bonchev–Trinajstić information content (AvgIpc) is 3.01. The Morgan fingerprint density at radius 1 is 0.452 bits per heavy atom. The number of rotatable bonds is 26. The van der Waals surface area contributed by atoms with Crippen molar-refractivity contribution >= 4 is 22.7 Å². The molecular weight excluding hydrogens is 520 g/mol. The lowest BCUT2D eigenvalue weighted by molar-refractivity contribution is 0.0498. The van der Waals surface area contributed by atoms with Crippen LogP contribution in [0.1, 0.15) is 176 Å². The SMILES string of the molecule is CCCCCCCCCCCCCCOC(=O)c1cccc2cccc(C(=O)OCCCCCCCCCCCC)c12. The van der Waals surface area contributed by atoms with Gasteiger partial charge in [-0.1, -0.05) is 167 Å². The maximum absolute atomic E-state index is 13.0. The highest BCUT2D eigenvalue weighted by atomic mass is 16.5. The molecular formula is C38H60O4. The van der Waals surface area contributed by atoms with Gasteiger partial charge in [0.1, 0.15) is 0 Å². The van der Waals surface area contributed by atoms with Gasteiger partial charge in [-0.2, -0.15) is 0 Å². The molecule has 0 saturated carbocycles. The lowest BCUT2D eigenvalue weighted by Crippen LogP contribution is -2.11. The second-order valence-corrected chi connectivity index (χ2v) is 12.1. The molecule has 0 N–H and O–H groups in total. The molecule has 0 heterocycles. The summed E-state index contributed by atoms with van der Waals surface area (Å²) < 4.78 is 11.3. The van der Waals surface area contributed by atoms with E-state index in [4.69, 9.17) is 9.47 Å². The molecule has 0 spiro atoms. The molecule has 236 valence electrons. The zero-order chi connectivity index (χ0) is 30.1. The zero-order valence-corrected chi connectivity index (χ0v) is 27.1. The number of ether oxygens (including phenoxy) is 2. The average molecular weight is 581 g/mol. The number of hydrogen-bond acceptors (Lipinski definition) is 4. The molecule has 0 aliphatic rings. The van der Waals surface area contributed by atoms with Gasteiger partial charge >= 0.3 is 11.9 Å². The van der Waals surface area contributed by atoms with Crippen molar-refractivity contribution < 1.29 is 19.1 Å². The van der Waals surface area contributed by atoms with Crippen LogP contribution in [-0.4, -0.2) is 25.2 Å². The summed E-state index contributed by atoms with van der Waals surface area (Å²) >= 11 is 0. The van der Waals surface area contributed by atoms with E-state index >= 15 is 0 Å². The molecule has 0 fully saturated rings. The van der Waals surface area contributed by atoms with Crippen LogP contribution < -0.4 is 0 Å². The van der Waals surface area contributed by atoms with Crippen molar-refractivity contribution in [3.63, 3.8) is 0 Å². The first-order valence-corrected chi connectivity index (χ1v) is 17.5. The molecule has 2 aromatic rings. The highest BCUT2D eigenvalue weighted by Gasteiger charge is 2.19. The van der Waals surface area contributed by atoms with Gasteiger partial charge in [0.15, 0.2) is 0 Å². The van der Waals surface area contributed by atoms with Gasteiger partial charge in [0, 0.05) is 5.39 Å². The van der Waals surface area contributed by atoms with Crippen molar-refractivity contribution in [2.45, 2.75) is 155 Å². The van der Waals surface area contributed by atoms with Gasteiger partial charge in [0.05, 0.1) is 24.3 Å². The molecule has 4 nitrogen and oxygen atoms in total. The number of hydrogen-bond donors (Lipinski definition) is 0. The minimum absolute atomic E-state index is 0.362. The Bertz CT molecular complexity index is 977. The van der Waals surface area contributed by atoms with Gasteiger partial charge in [-0.15, -0.1) is 0 Å². The summed E-state index contributed by atoms with van der Waals surface area (Å²) in [6.07, 6.45) is 27.6. The van der Waals surface area contributed by atoms with Gasteiger partial charge in [0.25, 0.3) is 0 Å². The van der Waals surface area contributed by atoms with Crippen LogP contribution in [-0.2, 0) is 9.47 Å². The van der Waals surface area contributed by atoms with Gasteiger partial charge in [-0.3, -0.25) is 0 Å². The van der Waals surface area contributed by atoms with E-state index in [0.717, 1.165) is 31.1 Å². The standard InChI is InChI=1S/C38H60O4/c1-3-5-7-9-11-13-15-16-18-20-22-24-32-42-38(40)35-30-26-28-33-27-25-29-34(36(33)35)37(39)41-31-23-21-19-17-14-12-10-8-6-4-2/h25-30H,3-24,31-32H2,1-2H3. The Balaban J connectivity index is 1.68. The van der Waals surface area contributed by atoms with Crippen LogP contribution in [0.3, 0.4) is 0 Å². The van der Waals surface area contributed by atoms with E-state index < -0.39 is 0 Å². The molecule has 0 saturated heterocycles. The Hall–Kier alpha value is -2.36. The van der Waals surface area contributed by atoms with Crippen molar-refractivity contribution in [2.75, 3.05) is 13.2 Å². The van der Waals surface area contributed by atoms with Crippen molar-refractivity contribution in [1.82, 2.24) is 0 Å². The van der Waals surface area contributed by atoms with Crippen molar-refractivity contribution in [3.8, 4) is 0 Å². The highest BCUT2D eigenvalue weighted by Crippen LogP contribution is 2.25. The fourth-order valence-electron chi connectivity index (χ4n) is 5.70. The van der Waals surface area contributed by atoms with E-state index in [1.165, 1.54) is 116 Å². The first-order chi connectivity index (χ1) is 20.7. The zero-order valence-electron chi connectivity index (χ0n) is 27.1. The van der Waals surface area contributed by atoms with Crippen LogP contribution in [0.2, 0.25) is 0 Å². The molecule has 0 atom stereocenters. The summed E-state index contributed by atoms with van der Waals surface area (Å²) in [4.78, 5) is 26.0. The first-order valence-electron chi connectivity index (χ1n) is 17.5. The maximum Gasteiger partial charge on any atom is 0.338 e. The van der Waals surface area contributed by atoms with Gasteiger partial charge in [0.2, 0.25) is 0 Å². The molecule has 0 bridgehead atoms. The molecule has 42 heavy (non-hydrogen) atoms. The maximum atomic E-state index is 13.0. The largest absolute Gasteiger partial charge is 0.462 e. The summed E-state index contributed by atoms with van der Waals surface area (Å²) in [6, 6.07) is 11.1. The summed E-state index contributed by atoms with van der Waals surface area (Å²) in [5, 5.41) is 1.48. The second-order valence-electron chi connectivity index (χ2n) is 12.1. The Morgan fingerprint density at radius 3 is 1.10 bits per heavy atom. The van der Waals surface area contributed by atoms with Crippen molar-refractivity contribution in [2.24, 2.45) is 0 Å². The Kier molecular flexibility index (Phi) is 20.6. The molecule has 0 amide bonds. The minimum Gasteiger partial charge on any atom is -0.462 e. The molecule has 2 aromatic carbocycles. The predicted octanol–water partition coefficient (Wildman–Crippen LogP) is 11.8. The predicted molar refractivity (Wildman–Crippen MR) is 177 cm³/mol. The quantitative estimate of drug-likeness (QED) is 0.0820. The highest BCUT2D eigenvalue weighted by molar-refractivity contribution is 6.13. The monoisotopic (exact) mass is 580 g/mol. The molecule has 2 rings (SSSR count). The number of benzene rings is 2. The van der Waals surface area contributed by atoms with E-state index in [9.17, 15) is 9.59 Å². The van der Waals surface area contributed by atoms with Crippen molar-refractivity contribution in [1.29, 1.82) is 0 Å². The van der Waals surface area contributed by atoms with Crippen LogP contribution in [0.15, 0.2) is 36.4 Å². The lowest BCUT2D eigenvalue weighted by atomic mass is 9.99. The third-order valence-corrected chi connectivity index (χ3v) is 8.31. The smallest absolute Gasteiger partial charge is 0.338 e. The second kappa shape index (κ2) is 24.1. The van der Waals surface area contributed by atoms with Crippen LogP contribution in [0.4, 0.5) is 0 Å². The number of esters is 2. The van der Waals surface area contributed by atoms with Gasteiger partial charge < -0.3 is 9.47 Å². The van der Waals surface area contributed by atoms with Crippen LogP contribution in [0.25, 0.3) is 10.8 Å². The fourth-order valence-corrected chi connectivity index (χ4v) is 5.70. The molecule has 4 heteroatoms. The van der Waals surface area contributed by atoms with E-state index in [-0.39, 0.29) is 11.9 Å². The van der Waals surface area contributed by atoms with E-state index in [2.05, 4.69) is 13.8 Å². The van der Waals surface area contributed by atoms with Crippen molar-refractivity contribution in [3.05, 3.63) is 47.5 Å². The van der Waals surface area contributed by atoms with Gasteiger partial charge in [-0.05, 0) is 30.4 Å². The van der Waals surface area contributed by atoms with E-state index in [1.54, 1.807) is 12.1 Å². The third kappa shape index (κ3) is 15.2. The molecule has 0 unspecified atom stereocenters. The number of fused-ring (bicyclic) bond motifs is 1. The first kappa shape index (κ1) is 35.8. The number of unbranched alkanes of at least 4 members (excludes halogenated alkanes) is 20. The van der Waals surface area contributed by atoms with Crippen LogP contribution >= 0.6 is 0 Å². The van der Waals surface area contributed by atoms with E-state index in [1.807, 2.05) is 24.3 Å². The lowest BCUT2D eigenvalue weighted by Gasteiger charge is -2.12. The summed E-state index contributed by atoms with van der Waals surface area (Å²) in [5.41, 5.74) is 0.885. The topological polar surface area (TPSA) is 52.6 Å². The Morgan fingerprint density at radius 2 is 0.762 bits per heavy atom. The fraction of sp³-hybridized carbons (Fsp3) is 0.684.